The minimum absolute atomic E-state index is 0. The molecule has 1 unspecified atom stereocenters. The first-order chi connectivity index (χ1) is 12.8. The standard InChI is InChI=1S/C20H35N3O4.HI/c1-20(2,3)16(25-6)13-23-19(21-4)22-12-11-14-9-10-15(24-5)18(27-8)17(14)26-7;/h9-10,16H,11-13H2,1-8H3,(H2,21,22,23);1H. The summed E-state index contributed by atoms with van der Waals surface area (Å²) in [7, 11) is 8.34. The van der Waals surface area contributed by atoms with Gasteiger partial charge in [0.15, 0.2) is 17.5 Å². The topological polar surface area (TPSA) is 73.3 Å². The summed E-state index contributed by atoms with van der Waals surface area (Å²) >= 11 is 0. The second-order valence-electron chi connectivity index (χ2n) is 7.21. The summed E-state index contributed by atoms with van der Waals surface area (Å²) in [5, 5.41) is 6.64. The number of benzene rings is 1. The molecular weight excluding hydrogens is 473 g/mol. The highest BCUT2D eigenvalue weighted by Crippen LogP contribution is 2.39. The molecule has 162 valence electrons. The molecular formula is C20H36IN3O4. The summed E-state index contributed by atoms with van der Waals surface area (Å²) in [5.41, 5.74) is 1.08. The molecule has 1 atom stereocenters. The van der Waals surface area contributed by atoms with Crippen molar-refractivity contribution >= 4 is 29.9 Å². The monoisotopic (exact) mass is 509 g/mol. The van der Waals surface area contributed by atoms with E-state index in [0.717, 1.165) is 17.9 Å². The van der Waals surface area contributed by atoms with Crippen LogP contribution < -0.4 is 24.8 Å². The summed E-state index contributed by atoms with van der Waals surface area (Å²) in [5.74, 6) is 2.68. The maximum atomic E-state index is 5.57. The van der Waals surface area contributed by atoms with Gasteiger partial charge in [-0.25, -0.2) is 0 Å². The lowest BCUT2D eigenvalue weighted by molar-refractivity contribution is 0.0205. The number of hydrogen-bond donors (Lipinski definition) is 2. The maximum absolute atomic E-state index is 5.57. The summed E-state index contributed by atoms with van der Waals surface area (Å²) in [6, 6.07) is 3.87. The normalized spacial score (nSPS) is 12.6. The van der Waals surface area contributed by atoms with Crippen LogP contribution in [0, 0.1) is 5.41 Å². The number of halogens is 1. The second kappa shape index (κ2) is 12.9. The Bertz CT molecular complexity index is 618. The molecule has 0 fully saturated rings. The van der Waals surface area contributed by atoms with E-state index in [1.165, 1.54) is 0 Å². The number of guanidine groups is 1. The van der Waals surface area contributed by atoms with E-state index >= 15 is 0 Å². The van der Waals surface area contributed by atoms with Crippen molar-refractivity contribution in [2.24, 2.45) is 10.4 Å². The lowest BCUT2D eigenvalue weighted by Gasteiger charge is -2.30. The lowest BCUT2D eigenvalue weighted by atomic mass is 9.89. The Morgan fingerprint density at radius 1 is 1.00 bits per heavy atom. The van der Waals surface area contributed by atoms with E-state index in [2.05, 4.69) is 36.4 Å². The van der Waals surface area contributed by atoms with E-state index in [1.807, 2.05) is 12.1 Å². The van der Waals surface area contributed by atoms with Crippen molar-refractivity contribution in [3.05, 3.63) is 17.7 Å². The van der Waals surface area contributed by atoms with E-state index in [9.17, 15) is 0 Å². The third-order valence-electron chi connectivity index (χ3n) is 4.40. The largest absolute Gasteiger partial charge is 0.493 e. The van der Waals surface area contributed by atoms with Crippen LogP contribution in [0.15, 0.2) is 17.1 Å². The van der Waals surface area contributed by atoms with Crippen molar-refractivity contribution in [1.29, 1.82) is 0 Å². The molecule has 0 aliphatic heterocycles. The van der Waals surface area contributed by atoms with E-state index < -0.39 is 0 Å². The minimum atomic E-state index is 0. The number of ether oxygens (including phenoxy) is 4. The number of hydrogen-bond acceptors (Lipinski definition) is 5. The predicted molar refractivity (Wildman–Crippen MR) is 125 cm³/mol. The number of nitrogens with zero attached hydrogens (tertiary/aromatic N) is 1. The zero-order valence-corrected chi connectivity index (χ0v) is 20.7. The van der Waals surface area contributed by atoms with Gasteiger partial charge in [-0.05, 0) is 17.9 Å². The molecule has 0 saturated carbocycles. The van der Waals surface area contributed by atoms with Gasteiger partial charge < -0.3 is 29.6 Å². The molecule has 0 aliphatic rings. The van der Waals surface area contributed by atoms with Gasteiger partial charge in [0.25, 0.3) is 0 Å². The van der Waals surface area contributed by atoms with Gasteiger partial charge in [0.05, 0.1) is 27.4 Å². The molecule has 1 rings (SSSR count). The fraction of sp³-hybridized carbons (Fsp3) is 0.650. The van der Waals surface area contributed by atoms with Crippen molar-refractivity contribution in [3.8, 4) is 17.2 Å². The van der Waals surface area contributed by atoms with Crippen LogP contribution in [-0.2, 0) is 11.2 Å². The van der Waals surface area contributed by atoms with Crippen LogP contribution in [0.25, 0.3) is 0 Å². The predicted octanol–water partition coefficient (Wildman–Crippen LogP) is 3.10. The Hall–Kier alpha value is -1.42. The minimum Gasteiger partial charge on any atom is -0.493 e. The highest BCUT2D eigenvalue weighted by molar-refractivity contribution is 14.0. The Balaban J connectivity index is 0.00000729. The molecule has 0 radical (unpaired) electrons. The third-order valence-corrected chi connectivity index (χ3v) is 4.40. The van der Waals surface area contributed by atoms with Crippen molar-refractivity contribution in [2.75, 3.05) is 48.6 Å². The Kier molecular flexibility index (Phi) is 12.3. The van der Waals surface area contributed by atoms with Gasteiger partial charge in [0.2, 0.25) is 5.75 Å². The molecule has 1 aromatic carbocycles. The van der Waals surface area contributed by atoms with Gasteiger partial charge in [-0.3, -0.25) is 4.99 Å². The first-order valence-corrected chi connectivity index (χ1v) is 9.07. The fourth-order valence-corrected chi connectivity index (χ4v) is 2.83. The number of nitrogens with one attached hydrogen (secondary N) is 2. The second-order valence-corrected chi connectivity index (χ2v) is 7.21. The molecule has 0 amide bonds. The van der Waals surface area contributed by atoms with E-state index in [0.29, 0.717) is 30.3 Å². The van der Waals surface area contributed by atoms with Crippen LogP contribution in [0.2, 0.25) is 0 Å². The molecule has 0 aliphatic carbocycles. The van der Waals surface area contributed by atoms with E-state index in [4.69, 9.17) is 18.9 Å². The Morgan fingerprint density at radius 2 is 1.64 bits per heavy atom. The molecule has 8 heteroatoms. The van der Waals surface area contributed by atoms with E-state index in [-0.39, 0.29) is 35.5 Å². The van der Waals surface area contributed by atoms with Crippen LogP contribution in [-0.4, -0.2) is 60.6 Å². The summed E-state index contributed by atoms with van der Waals surface area (Å²) in [6.45, 7) is 7.84. The molecule has 2 N–H and O–H groups in total. The van der Waals surface area contributed by atoms with Crippen LogP contribution in [0.1, 0.15) is 26.3 Å². The van der Waals surface area contributed by atoms with Crippen LogP contribution in [0.5, 0.6) is 17.2 Å². The van der Waals surface area contributed by atoms with Crippen LogP contribution in [0.4, 0.5) is 0 Å². The fourth-order valence-electron chi connectivity index (χ4n) is 2.83. The first kappa shape index (κ1) is 26.6. The van der Waals surface area contributed by atoms with Gasteiger partial charge >= 0.3 is 0 Å². The number of rotatable bonds is 9. The quantitative estimate of drug-likeness (QED) is 0.303. The molecule has 0 bridgehead atoms. The summed E-state index contributed by atoms with van der Waals surface area (Å²) < 4.78 is 21.9. The van der Waals surface area contributed by atoms with Crippen molar-refractivity contribution < 1.29 is 18.9 Å². The smallest absolute Gasteiger partial charge is 0.203 e. The SMILES string of the molecule is CN=C(NCCc1ccc(OC)c(OC)c1OC)NCC(OC)C(C)(C)C.I. The van der Waals surface area contributed by atoms with Gasteiger partial charge in [-0.15, -0.1) is 24.0 Å². The average molecular weight is 509 g/mol. The van der Waals surface area contributed by atoms with Crippen molar-refractivity contribution in [1.82, 2.24) is 10.6 Å². The molecule has 0 heterocycles. The molecule has 7 nitrogen and oxygen atoms in total. The number of methoxy groups -OCH3 is 4. The summed E-state index contributed by atoms with van der Waals surface area (Å²) in [4.78, 5) is 4.27. The molecule has 0 aromatic heterocycles. The summed E-state index contributed by atoms with van der Waals surface area (Å²) in [6.07, 6.45) is 0.832. The van der Waals surface area contributed by atoms with Crippen LogP contribution in [0.3, 0.4) is 0 Å². The zero-order valence-electron chi connectivity index (χ0n) is 18.3. The molecule has 0 spiro atoms. The Labute approximate surface area is 186 Å². The Morgan fingerprint density at radius 3 is 2.11 bits per heavy atom. The maximum Gasteiger partial charge on any atom is 0.203 e. The van der Waals surface area contributed by atoms with Crippen molar-refractivity contribution in [3.63, 3.8) is 0 Å². The lowest BCUT2D eigenvalue weighted by Crippen LogP contribution is -2.45. The average Bonchev–Trinajstić information content (AvgIpc) is 2.65. The van der Waals surface area contributed by atoms with Crippen molar-refractivity contribution in [2.45, 2.75) is 33.3 Å². The third kappa shape index (κ3) is 7.54. The zero-order chi connectivity index (χ0) is 20.4. The highest BCUT2D eigenvalue weighted by Gasteiger charge is 2.24. The molecule has 0 saturated heterocycles. The highest BCUT2D eigenvalue weighted by atomic mass is 127. The van der Waals surface area contributed by atoms with Gasteiger partial charge in [0.1, 0.15) is 0 Å². The van der Waals surface area contributed by atoms with Gasteiger partial charge in [0, 0.05) is 32.8 Å². The first-order valence-electron chi connectivity index (χ1n) is 9.07. The number of aliphatic imine (C=N–C) groups is 1. The van der Waals surface area contributed by atoms with E-state index in [1.54, 1.807) is 35.5 Å². The van der Waals surface area contributed by atoms with Crippen LogP contribution >= 0.6 is 24.0 Å². The van der Waals surface area contributed by atoms with Gasteiger partial charge in [-0.1, -0.05) is 26.8 Å². The molecule has 1 aromatic rings. The molecule has 28 heavy (non-hydrogen) atoms. The van der Waals surface area contributed by atoms with Gasteiger partial charge in [-0.2, -0.15) is 0 Å².